The first kappa shape index (κ1) is 20.5. The van der Waals surface area contributed by atoms with E-state index < -0.39 is 0 Å². The molecular weight excluding hydrogens is 364 g/mol. The quantitative estimate of drug-likeness (QED) is 0.338. The minimum Gasteiger partial charge on any atom is -0.357 e. The van der Waals surface area contributed by atoms with E-state index in [9.17, 15) is 0 Å². The van der Waals surface area contributed by atoms with Gasteiger partial charge < -0.3 is 10.6 Å². The minimum atomic E-state index is 0.734. The molecule has 0 fully saturated rings. The molecule has 0 saturated carbocycles. The molecule has 2 heterocycles. The Bertz CT molecular complexity index is 595. The van der Waals surface area contributed by atoms with Crippen molar-refractivity contribution in [2.24, 2.45) is 0 Å². The third-order valence-electron chi connectivity index (χ3n) is 3.76. The highest BCUT2D eigenvalue weighted by atomic mass is 32.1. The van der Waals surface area contributed by atoms with Crippen molar-refractivity contribution in [3.05, 3.63) is 35.3 Å². The van der Waals surface area contributed by atoms with Crippen LogP contribution >= 0.6 is 22.7 Å². The van der Waals surface area contributed by atoms with Gasteiger partial charge in [0, 0.05) is 25.9 Å². The molecule has 0 spiro atoms. The third kappa shape index (κ3) is 8.05. The van der Waals surface area contributed by atoms with Crippen LogP contribution in [-0.4, -0.2) is 33.5 Å². The number of anilines is 2. The van der Waals surface area contributed by atoms with Crippen LogP contribution in [0.2, 0.25) is 0 Å². The van der Waals surface area contributed by atoms with Crippen molar-refractivity contribution >= 4 is 32.9 Å². The van der Waals surface area contributed by atoms with Gasteiger partial charge in [-0.1, -0.05) is 60.5 Å². The predicted molar refractivity (Wildman–Crippen MR) is 112 cm³/mol. The maximum absolute atomic E-state index is 4.22. The molecule has 8 heteroatoms. The van der Waals surface area contributed by atoms with E-state index >= 15 is 0 Å². The summed E-state index contributed by atoms with van der Waals surface area (Å²) in [5, 5.41) is 27.1. The van der Waals surface area contributed by atoms with E-state index in [4.69, 9.17) is 0 Å². The Kier molecular flexibility index (Phi) is 9.89. The predicted octanol–water partition coefficient (Wildman–Crippen LogP) is 4.71. The van der Waals surface area contributed by atoms with E-state index in [1.54, 1.807) is 22.7 Å². The van der Waals surface area contributed by atoms with Gasteiger partial charge in [-0.25, -0.2) is 0 Å². The molecule has 0 radical (unpaired) electrons. The number of unbranched alkanes of at least 4 members (excludes halogenated alkanes) is 5. The highest BCUT2D eigenvalue weighted by molar-refractivity contribution is 7.15. The second-order valence-corrected chi connectivity index (χ2v) is 8.09. The van der Waals surface area contributed by atoms with Crippen molar-refractivity contribution in [3.8, 4) is 0 Å². The van der Waals surface area contributed by atoms with E-state index in [1.165, 1.54) is 38.5 Å². The van der Waals surface area contributed by atoms with Crippen molar-refractivity contribution in [2.45, 2.75) is 51.4 Å². The number of aromatic nitrogens is 4. The normalized spacial score (nSPS) is 10.6. The molecule has 2 N–H and O–H groups in total. The molecule has 0 amide bonds. The van der Waals surface area contributed by atoms with Gasteiger partial charge in [0.2, 0.25) is 10.3 Å². The third-order valence-corrected chi connectivity index (χ3v) is 5.64. The van der Waals surface area contributed by atoms with Crippen molar-refractivity contribution < 1.29 is 0 Å². The number of rotatable bonds is 15. The Morgan fingerprint density at radius 2 is 1.08 bits per heavy atom. The van der Waals surface area contributed by atoms with Gasteiger partial charge in [0.05, 0.1) is 0 Å². The highest BCUT2D eigenvalue weighted by Crippen LogP contribution is 2.19. The zero-order valence-corrected chi connectivity index (χ0v) is 16.9. The zero-order chi connectivity index (χ0) is 18.5. The smallest absolute Gasteiger partial charge is 0.205 e. The average molecular weight is 393 g/mol. The summed E-state index contributed by atoms with van der Waals surface area (Å²) in [5.74, 6) is 0. The molecule has 0 aliphatic heterocycles. The van der Waals surface area contributed by atoms with Gasteiger partial charge in [0.25, 0.3) is 0 Å². The van der Waals surface area contributed by atoms with Crippen molar-refractivity contribution in [3.63, 3.8) is 0 Å². The molecule has 6 nitrogen and oxygen atoms in total. The topological polar surface area (TPSA) is 75.6 Å². The maximum atomic E-state index is 4.22. The molecule has 0 aliphatic rings. The molecule has 2 aromatic heterocycles. The second-order valence-electron chi connectivity index (χ2n) is 5.96. The van der Waals surface area contributed by atoms with Crippen LogP contribution in [0.4, 0.5) is 10.3 Å². The number of nitrogens with one attached hydrogen (secondary N) is 2. The lowest BCUT2D eigenvalue weighted by molar-refractivity contribution is 0.591. The van der Waals surface area contributed by atoms with Gasteiger partial charge >= 0.3 is 0 Å². The molecule has 2 rings (SSSR count). The van der Waals surface area contributed by atoms with Crippen LogP contribution in [-0.2, 0) is 12.8 Å². The number of aryl methyl sites for hydroxylation is 2. The minimum absolute atomic E-state index is 0.734. The summed E-state index contributed by atoms with van der Waals surface area (Å²) in [7, 11) is 0. The second kappa shape index (κ2) is 12.5. The summed E-state index contributed by atoms with van der Waals surface area (Å²) in [6.45, 7) is 8.84. The molecule has 0 atom stereocenters. The van der Waals surface area contributed by atoms with Gasteiger partial charge in [-0.05, 0) is 12.8 Å². The molecule has 26 heavy (non-hydrogen) atoms. The fourth-order valence-electron chi connectivity index (χ4n) is 2.43. The fourth-order valence-corrected chi connectivity index (χ4v) is 4.01. The molecule has 0 aliphatic carbocycles. The summed E-state index contributed by atoms with van der Waals surface area (Å²) in [4.78, 5) is 0. The summed E-state index contributed by atoms with van der Waals surface area (Å²) < 4.78 is 0. The van der Waals surface area contributed by atoms with Crippen LogP contribution in [0, 0.1) is 0 Å². The van der Waals surface area contributed by atoms with Crippen molar-refractivity contribution in [1.82, 2.24) is 20.4 Å². The number of hydrogen-bond acceptors (Lipinski definition) is 8. The molecule has 0 bridgehead atoms. The first-order chi connectivity index (χ1) is 12.8. The zero-order valence-electron chi connectivity index (χ0n) is 15.2. The van der Waals surface area contributed by atoms with Crippen LogP contribution in [0.1, 0.15) is 48.5 Å². The molecule has 2 aromatic rings. The van der Waals surface area contributed by atoms with Crippen molar-refractivity contribution in [2.75, 3.05) is 23.7 Å². The number of nitrogens with zero attached hydrogens (tertiary/aromatic N) is 4. The molecule has 0 aromatic carbocycles. The Balaban J connectivity index is 1.46. The van der Waals surface area contributed by atoms with Gasteiger partial charge in [-0.2, -0.15) is 0 Å². The van der Waals surface area contributed by atoms with Crippen LogP contribution in [0.3, 0.4) is 0 Å². The standard InChI is InChI=1S/C18H28N6S2/c1-3-13-19-17-23-21-15(25-17)11-9-7-5-6-8-10-12-16-22-24-18(26-16)20-14-4-2/h3-4H,1-2,5-14H2,(H,19,23)(H,20,24). The average Bonchev–Trinajstić information content (AvgIpc) is 3.29. The van der Waals surface area contributed by atoms with E-state index in [1.807, 2.05) is 12.2 Å². The van der Waals surface area contributed by atoms with E-state index in [0.717, 1.165) is 46.2 Å². The van der Waals surface area contributed by atoms with Crippen LogP contribution in [0.5, 0.6) is 0 Å². The Labute approximate surface area is 163 Å². The maximum Gasteiger partial charge on any atom is 0.205 e. The molecule has 0 saturated heterocycles. The first-order valence-electron chi connectivity index (χ1n) is 9.16. The summed E-state index contributed by atoms with van der Waals surface area (Å²) >= 11 is 3.29. The number of hydrogen-bond donors (Lipinski definition) is 2. The van der Waals surface area contributed by atoms with E-state index in [-0.39, 0.29) is 0 Å². The molecule has 0 unspecified atom stereocenters. The fraction of sp³-hybridized carbons (Fsp3) is 0.556. The summed E-state index contributed by atoms with van der Waals surface area (Å²) in [6, 6.07) is 0. The SMILES string of the molecule is C=CCNc1nnc(CCCCCCCCc2nnc(NCC=C)s2)s1. The Hall–Kier alpha value is -1.80. The van der Waals surface area contributed by atoms with Gasteiger partial charge in [-0.15, -0.1) is 33.6 Å². The lowest BCUT2D eigenvalue weighted by atomic mass is 10.1. The van der Waals surface area contributed by atoms with E-state index in [0.29, 0.717) is 0 Å². The lowest BCUT2D eigenvalue weighted by Gasteiger charge is -2.00. The molecule has 142 valence electrons. The van der Waals surface area contributed by atoms with Crippen LogP contribution < -0.4 is 10.6 Å². The van der Waals surface area contributed by atoms with Crippen LogP contribution in [0.15, 0.2) is 25.3 Å². The Morgan fingerprint density at radius 3 is 1.50 bits per heavy atom. The molecular formula is C18H28N6S2. The summed E-state index contributed by atoms with van der Waals surface area (Å²) in [5.41, 5.74) is 0. The monoisotopic (exact) mass is 392 g/mol. The van der Waals surface area contributed by atoms with Crippen LogP contribution in [0.25, 0.3) is 0 Å². The highest BCUT2D eigenvalue weighted by Gasteiger charge is 2.04. The van der Waals surface area contributed by atoms with E-state index in [2.05, 4.69) is 44.2 Å². The first-order valence-corrected chi connectivity index (χ1v) is 10.8. The summed E-state index contributed by atoms with van der Waals surface area (Å²) in [6.07, 6.45) is 13.1. The van der Waals surface area contributed by atoms with Gasteiger partial charge in [-0.3, -0.25) is 0 Å². The van der Waals surface area contributed by atoms with Gasteiger partial charge in [0.1, 0.15) is 10.0 Å². The Morgan fingerprint density at radius 1 is 0.654 bits per heavy atom. The lowest BCUT2D eigenvalue weighted by Crippen LogP contribution is -1.96. The largest absolute Gasteiger partial charge is 0.357 e. The van der Waals surface area contributed by atoms with Gasteiger partial charge in [0.15, 0.2) is 0 Å². The van der Waals surface area contributed by atoms with Crippen molar-refractivity contribution in [1.29, 1.82) is 0 Å².